The van der Waals surface area contributed by atoms with Crippen molar-refractivity contribution in [1.82, 2.24) is 4.90 Å². The highest BCUT2D eigenvalue weighted by molar-refractivity contribution is 6.04. The number of rotatable bonds is 5. The van der Waals surface area contributed by atoms with Crippen molar-refractivity contribution in [3.8, 4) is 5.75 Å². The number of imide groups is 1. The number of amides is 2. The standard InChI is InChI=1S/C23H24N2O6/c1-23(2,3)31-22(27)24-12-11-18(14-21(24)26)17-9-10-19(25(28)29)20(13-17)30-15-16-7-5-4-6-8-16/h4-10,13-14H,11-12,15H2,1-3H3. The van der Waals surface area contributed by atoms with Gasteiger partial charge in [-0.1, -0.05) is 30.3 Å². The molecule has 0 N–H and O–H groups in total. The first-order valence-corrected chi connectivity index (χ1v) is 9.84. The smallest absolute Gasteiger partial charge is 0.417 e. The zero-order valence-electron chi connectivity index (χ0n) is 17.7. The molecule has 0 saturated carbocycles. The summed E-state index contributed by atoms with van der Waals surface area (Å²) in [4.78, 5) is 36.7. The Labute approximate surface area is 180 Å². The van der Waals surface area contributed by atoms with Crippen LogP contribution in [0.3, 0.4) is 0 Å². The molecule has 1 aliphatic rings. The van der Waals surface area contributed by atoms with Gasteiger partial charge in [-0.05, 0) is 56.0 Å². The average Bonchev–Trinajstić information content (AvgIpc) is 2.71. The van der Waals surface area contributed by atoms with Gasteiger partial charge < -0.3 is 9.47 Å². The summed E-state index contributed by atoms with van der Waals surface area (Å²) in [7, 11) is 0. The van der Waals surface area contributed by atoms with E-state index >= 15 is 0 Å². The Morgan fingerprint density at radius 3 is 2.48 bits per heavy atom. The number of hydrogen-bond donors (Lipinski definition) is 0. The summed E-state index contributed by atoms with van der Waals surface area (Å²) in [5.74, 6) is -0.366. The van der Waals surface area contributed by atoms with E-state index < -0.39 is 22.5 Å². The number of benzene rings is 2. The second kappa shape index (κ2) is 8.99. The summed E-state index contributed by atoms with van der Waals surface area (Å²) in [6, 6.07) is 13.8. The first kappa shape index (κ1) is 22.0. The number of nitrogens with zero attached hydrogens (tertiary/aromatic N) is 2. The Balaban J connectivity index is 1.81. The molecule has 2 amide bonds. The third kappa shape index (κ3) is 5.69. The Bertz CT molecular complexity index is 1020. The third-order valence-corrected chi connectivity index (χ3v) is 4.55. The van der Waals surface area contributed by atoms with E-state index in [1.54, 1.807) is 32.9 Å². The topological polar surface area (TPSA) is 99.0 Å². The van der Waals surface area contributed by atoms with Crippen molar-refractivity contribution in [2.24, 2.45) is 0 Å². The maximum Gasteiger partial charge on any atom is 0.417 e. The van der Waals surface area contributed by atoms with E-state index in [1.165, 1.54) is 12.1 Å². The van der Waals surface area contributed by atoms with Crippen LogP contribution >= 0.6 is 0 Å². The normalized spacial score (nSPS) is 14.1. The first-order chi connectivity index (χ1) is 14.6. The number of carbonyl (C=O) groups excluding carboxylic acids is 2. The predicted molar refractivity (Wildman–Crippen MR) is 114 cm³/mol. The number of carbonyl (C=O) groups is 2. The van der Waals surface area contributed by atoms with Gasteiger partial charge in [0.1, 0.15) is 12.2 Å². The van der Waals surface area contributed by atoms with Crippen LogP contribution in [0.25, 0.3) is 5.57 Å². The lowest BCUT2D eigenvalue weighted by Gasteiger charge is -2.28. The largest absolute Gasteiger partial charge is 0.482 e. The van der Waals surface area contributed by atoms with E-state index in [2.05, 4.69) is 0 Å². The fourth-order valence-corrected chi connectivity index (χ4v) is 3.08. The van der Waals surface area contributed by atoms with Crippen LogP contribution in [-0.4, -0.2) is 34.0 Å². The number of nitro groups is 1. The van der Waals surface area contributed by atoms with Crippen LogP contribution in [0.2, 0.25) is 0 Å². The van der Waals surface area contributed by atoms with Gasteiger partial charge in [-0.25, -0.2) is 9.69 Å². The van der Waals surface area contributed by atoms with Gasteiger partial charge in [0.05, 0.1) is 4.92 Å². The molecule has 1 heterocycles. The van der Waals surface area contributed by atoms with Crippen LogP contribution in [0, 0.1) is 10.1 Å². The highest BCUT2D eigenvalue weighted by atomic mass is 16.6. The molecule has 3 rings (SSSR count). The lowest BCUT2D eigenvalue weighted by atomic mass is 9.98. The van der Waals surface area contributed by atoms with E-state index in [0.29, 0.717) is 17.6 Å². The second-order valence-electron chi connectivity index (χ2n) is 8.10. The van der Waals surface area contributed by atoms with Crippen molar-refractivity contribution in [3.05, 3.63) is 75.8 Å². The molecule has 0 fully saturated rings. The minimum atomic E-state index is -0.704. The molecule has 2 aromatic rings. The van der Waals surface area contributed by atoms with Crippen LogP contribution in [-0.2, 0) is 16.1 Å². The van der Waals surface area contributed by atoms with Gasteiger partial charge in [-0.15, -0.1) is 0 Å². The van der Waals surface area contributed by atoms with Crippen LogP contribution in [0.1, 0.15) is 38.3 Å². The van der Waals surface area contributed by atoms with E-state index in [4.69, 9.17) is 9.47 Å². The lowest BCUT2D eigenvalue weighted by Crippen LogP contribution is -2.42. The zero-order chi connectivity index (χ0) is 22.6. The molecule has 31 heavy (non-hydrogen) atoms. The number of hydrogen-bond acceptors (Lipinski definition) is 6. The van der Waals surface area contributed by atoms with Gasteiger partial charge in [0, 0.05) is 18.7 Å². The number of ether oxygens (including phenoxy) is 2. The van der Waals surface area contributed by atoms with E-state index in [-0.39, 0.29) is 24.6 Å². The molecule has 8 heteroatoms. The highest BCUT2D eigenvalue weighted by Crippen LogP contribution is 2.33. The maximum absolute atomic E-state index is 12.5. The minimum absolute atomic E-state index is 0.120. The van der Waals surface area contributed by atoms with Gasteiger partial charge in [0.2, 0.25) is 0 Å². The van der Waals surface area contributed by atoms with E-state index in [1.807, 2.05) is 30.3 Å². The van der Waals surface area contributed by atoms with E-state index in [9.17, 15) is 19.7 Å². The van der Waals surface area contributed by atoms with Gasteiger partial charge in [0.25, 0.3) is 5.91 Å². The Hall–Kier alpha value is -3.68. The molecule has 1 aliphatic heterocycles. The summed E-state index contributed by atoms with van der Waals surface area (Å²) in [5.41, 5.74) is 1.32. The number of nitro benzene ring substituents is 1. The van der Waals surface area contributed by atoms with Crippen molar-refractivity contribution in [2.75, 3.05) is 6.54 Å². The van der Waals surface area contributed by atoms with E-state index in [0.717, 1.165) is 10.5 Å². The highest BCUT2D eigenvalue weighted by Gasteiger charge is 2.29. The van der Waals surface area contributed by atoms with Crippen molar-refractivity contribution >= 4 is 23.3 Å². The predicted octanol–water partition coefficient (Wildman–Crippen LogP) is 4.72. The Kier molecular flexibility index (Phi) is 6.39. The van der Waals surface area contributed by atoms with Crippen LogP contribution in [0.4, 0.5) is 10.5 Å². The van der Waals surface area contributed by atoms with Crippen molar-refractivity contribution < 1.29 is 24.0 Å². The molecule has 8 nitrogen and oxygen atoms in total. The minimum Gasteiger partial charge on any atom is -0.482 e. The van der Waals surface area contributed by atoms with Gasteiger partial charge in [0.15, 0.2) is 5.75 Å². The molecule has 2 aromatic carbocycles. The first-order valence-electron chi connectivity index (χ1n) is 9.84. The van der Waals surface area contributed by atoms with Crippen molar-refractivity contribution in [2.45, 2.75) is 39.4 Å². The second-order valence-corrected chi connectivity index (χ2v) is 8.10. The molecule has 0 aromatic heterocycles. The molecule has 0 bridgehead atoms. The fourth-order valence-electron chi connectivity index (χ4n) is 3.08. The molecule has 0 unspecified atom stereocenters. The quantitative estimate of drug-likeness (QED) is 0.508. The fraction of sp³-hybridized carbons (Fsp3) is 0.304. The Morgan fingerprint density at radius 2 is 1.87 bits per heavy atom. The molecular weight excluding hydrogens is 400 g/mol. The molecule has 0 radical (unpaired) electrons. The maximum atomic E-state index is 12.5. The molecule has 0 atom stereocenters. The van der Waals surface area contributed by atoms with Gasteiger partial charge >= 0.3 is 11.8 Å². The molecule has 0 spiro atoms. The lowest BCUT2D eigenvalue weighted by molar-refractivity contribution is -0.385. The van der Waals surface area contributed by atoms with Gasteiger partial charge in [-0.2, -0.15) is 0 Å². The molecule has 0 aliphatic carbocycles. The third-order valence-electron chi connectivity index (χ3n) is 4.55. The monoisotopic (exact) mass is 424 g/mol. The Morgan fingerprint density at radius 1 is 1.16 bits per heavy atom. The summed E-state index contributed by atoms with van der Waals surface area (Å²) in [6.45, 7) is 5.53. The van der Waals surface area contributed by atoms with Crippen molar-refractivity contribution in [1.29, 1.82) is 0 Å². The average molecular weight is 424 g/mol. The SMILES string of the molecule is CC(C)(C)OC(=O)N1CCC(c2ccc([N+](=O)[O-])c(OCc3ccccc3)c2)=CC1=O. The molecular formula is C23H24N2O6. The van der Waals surface area contributed by atoms with Gasteiger partial charge in [-0.3, -0.25) is 14.9 Å². The molecule has 0 saturated heterocycles. The molecule has 162 valence electrons. The van der Waals surface area contributed by atoms with Crippen molar-refractivity contribution in [3.63, 3.8) is 0 Å². The summed E-state index contributed by atoms with van der Waals surface area (Å²) < 4.78 is 11.0. The summed E-state index contributed by atoms with van der Waals surface area (Å²) in [5, 5.41) is 11.4. The van der Waals surface area contributed by atoms with Crippen LogP contribution in [0.5, 0.6) is 5.75 Å². The van der Waals surface area contributed by atoms with Crippen LogP contribution < -0.4 is 4.74 Å². The summed E-state index contributed by atoms with van der Waals surface area (Å²) >= 11 is 0. The van der Waals surface area contributed by atoms with Crippen LogP contribution in [0.15, 0.2) is 54.6 Å². The zero-order valence-corrected chi connectivity index (χ0v) is 17.7. The summed E-state index contributed by atoms with van der Waals surface area (Å²) in [6.07, 6.45) is 1.07.